The third-order valence-corrected chi connectivity index (χ3v) is 4.24. The van der Waals surface area contributed by atoms with Gasteiger partial charge in [0.05, 0.1) is 11.3 Å². The van der Waals surface area contributed by atoms with Crippen LogP contribution >= 0.6 is 15.9 Å². The fourth-order valence-corrected chi connectivity index (χ4v) is 2.75. The third-order valence-electron chi connectivity index (χ3n) is 3.47. The Bertz CT molecular complexity index is 807. The monoisotopic (exact) mass is 404 g/mol. The number of aliphatic carboxylic acids is 1. The second kappa shape index (κ2) is 8.43. The summed E-state index contributed by atoms with van der Waals surface area (Å²) in [5.41, 5.74) is 1.30. The zero-order valence-electron chi connectivity index (χ0n) is 13.5. The summed E-state index contributed by atoms with van der Waals surface area (Å²) in [5.74, 6) is -2.02. The SMILES string of the molecule is CC(=O)Nc1ccccc1C(=O)N[C@@H](Cc1ccccc1Br)C(=O)O. The average molecular weight is 405 g/mol. The van der Waals surface area contributed by atoms with Crippen molar-refractivity contribution < 1.29 is 19.5 Å². The van der Waals surface area contributed by atoms with Crippen molar-refractivity contribution in [1.29, 1.82) is 0 Å². The largest absolute Gasteiger partial charge is 0.480 e. The Labute approximate surface area is 153 Å². The molecular formula is C18H17BrN2O4. The lowest BCUT2D eigenvalue weighted by Crippen LogP contribution is -2.42. The summed E-state index contributed by atoms with van der Waals surface area (Å²) in [6.45, 7) is 1.33. The first-order valence-electron chi connectivity index (χ1n) is 7.52. The predicted octanol–water partition coefficient (Wildman–Crippen LogP) is 2.83. The quantitative estimate of drug-likeness (QED) is 0.689. The van der Waals surface area contributed by atoms with Gasteiger partial charge in [-0.05, 0) is 23.8 Å². The lowest BCUT2D eigenvalue weighted by molar-refractivity contribution is -0.139. The second-order valence-electron chi connectivity index (χ2n) is 5.39. The van der Waals surface area contributed by atoms with E-state index in [-0.39, 0.29) is 17.9 Å². The van der Waals surface area contributed by atoms with Crippen LogP contribution in [0.4, 0.5) is 5.69 Å². The Morgan fingerprint density at radius 1 is 1.08 bits per heavy atom. The molecule has 0 aliphatic heterocycles. The van der Waals surface area contributed by atoms with Gasteiger partial charge in [-0.2, -0.15) is 0 Å². The number of carbonyl (C=O) groups excluding carboxylic acids is 2. The summed E-state index contributed by atoms with van der Waals surface area (Å²) >= 11 is 3.37. The first kappa shape index (κ1) is 18.7. The average Bonchev–Trinajstić information content (AvgIpc) is 2.55. The zero-order valence-corrected chi connectivity index (χ0v) is 15.0. The fourth-order valence-electron chi connectivity index (χ4n) is 2.30. The molecule has 0 saturated carbocycles. The number of rotatable bonds is 6. The number of anilines is 1. The van der Waals surface area contributed by atoms with Crippen LogP contribution in [0.1, 0.15) is 22.8 Å². The van der Waals surface area contributed by atoms with Crippen molar-refractivity contribution in [3.05, 3.63) is 64.1 Å². The van der Waals surface area contributed by atoms with E-state index in [4.69, 9.17) is 0 Å². The topological polar surface area (TPSA) is 95.5 Å². The molecule has 3 N–H and O–H groups in total. The molecule has 0 saturated heterocycles. The Morgan fingerprint density at radius 3 is 2.36 bits per heavy atom. The van der Waals surface area contributed by atoms with Crippen LogP contribution in [0.15, 0.2) is 53.0 Å². The molecule has 25 heavy (non-hydrogen) atoms. The molecule has 0 aliphatic rings. The van der Waals surface area contributed by atoms with Crippen LogP contribution in [0.5, 0.6) is 0 Å². The summed E-state index contributed by atoms with van der Waals surface area (Å²) in [4.78, 5) is 35.3. The van der Waals surface area contributed by atoms with Crippen LogP contribution in [0.3, 0.4) is 0 Å². The normalized spacial score (nSPS) is 11.4. The fraction of sp³-hybridized carbons (Fsp3) is 0.167. The minimum Gasteiger partial charge on any atom is -0.480 e. The van der Waals surface area contributed by atoms with Crippen molar-refractivity contribution in [2.24, 2.45) is 0 Å². The van der Waals surface area contributed by atoms with E-state index in [1.165, 1.54) is 13.0 Å². The Hall–Kier alpha value is -2.67. The molecule has 0 aliphatic carbocycles. The maximum atomic E-state index is 12.5. The molecule has 1 atom stereocenters. The molecule has 7 heteroatoms. The van der Waals surface area contributed by atoms with Crippen LogP contribution in [0.2, 0.25) is 0 Å². The number of hydrogen-bond donors (Lipinski definition) is 3. The molecule has 0 radical (unpaired) electrons. The highest BCUT2D eigenvalue weighted by atomic mass is 79.9. The van der Waals surface area contributed by atoms with Crippen LogP contribution < -0.4 is 10.6 Å². The van der Waals surface area contributed by atoms with Crippen molar-refractivity contribution in [2.45, 2.75) is 19.4 Å². The molecule has 2 aromatic rings. The molecule has 0 bridgehead atoms. The number of benzene rings is 2. The summed E-state index contributed by atoms with van der Waals surface area (Å²) < 4.78 is 0.772. The number of carboxylic acid groups (broad SMARTS) is 1. The summed E-state index contributed by atoms with van der Waals surface area (Å²) in [6.07, 6.45) is 0.130. The number of carbonyl (C=O) groups is 3. The van der Waals surface area contributed by atoms with Gasteiger partial charge in [0.1, 0.15) is 6.04 Å². The number of amides is 2. The van der Waals surface area contributed by atoms with Crippen LogP contribution in [0, 0.1) is 0 Å². The van der Waals surface area contributed by atoms with Crippen molar-refractivity contribution >= 4 is 39.4 Å². The molecule has 2 rings (SSSR count). The van der Waals surface area contributed by atoms with Gasteiger partial charge in [-0.3, -0.25) is 9.59 Å². The molecule has 130 valence electrons. The van der Waals surface area contributed by atoms with E-state index in [1.807, 2.05) is 12.1 Å². The maximum Gasteiger partial charge on any atom is 0.326 e. The molecule has 0 aromatic heterocycles. The minimum atomic E-state index is -1.14. The standard InChI is InChI=1S/C18H17BrN2O4/c1-11(22)20-15-9-5-3-7-13(15)17(23)21-16(18(24)25)10-12-6-2-4-8-14(12)19/h2-9,16H,10H2,1H3,(H,20,22)(H,21,23)(H,24,25)/t16-/m0/s1. The van der Waals surface area contributed by atoms with Gasteiger partial charge in [0.25, 0.3) is 5.91 Å². The Kier molecular flexibility index (Phi) is 6.30. The molecule has 2 amide bonds. The van der Waals surface area contributed by atoms with Crippen molar-refractivity contribution in [3.63, 3.8) is 0 Å². The summed E-state index contributed by atoms with van der Waals surface area (Å²) in [6, 6.07) is 12.5. The Morgan fingerprint density at radius 2 is 1.72 bits per heavy atom. The first-order valence-corrected chi connectivity index (χ1v) is 8.31. The molecule has 0 heterocycles. The van der Waals surface area contributed by atoms with E-state index in [0.29, 0.717) is 5.69 Å². The molecule has 0 spiro atoms. The number of para-hydroxylation sites is 1. The van der Waals surface area contributed by atoms with Gasteiger partial charge in [-0.1, -0.05) is 46.3 Å². The number of halogens is 1. The minimum absolute atomic E-state index is 0.130. The summed E-state index contributed by atoms with van der Waals surface area (Å²) in [5, 5.41) is 14.5. The molecule has 2 aromatic carbocycles. The second-order valence-corrected chi connectivity index (χ2v) is 6.24. The highest BCUT2D eigenvalue weighted by Gasteiger charge is 2.23. The van der Waals surface area contributed by atoms with Crippen molar-refractivity contribution in [1.82, 2.24) is 5.32 Å². The number of nitrogens with one attached hydrogen (secondary N) is 2. The molecule has 6 nitrogen and oxygen atoms in total. The van der Waals surface area contributed by atoms with E-state index in [1.54, 1.807) is 30.3 Å². The summed E-state index contributed by atoms with van der Waals surface area (Å²) in [7, 11) is 0. The van der Waals surface area contributed by atoms with Crippen molar-refractivity contribution in [2.75, 3.05) is 5.32 Å². The van der Waals surface area contributed by atoms with Crippen molar-refractivity contribution in [3.8, 4) is 0 Å². The van der Waals surface area contributed by atoms with Crippen LogP contribution in [0.25, 0.3) is 0 Å². The number of hydrogen-bond acceptors (Lipinski definition) is 3. The molecule has 0 unspecified atom stereocenters. The van der Waals surface area contributed by atoms with Gasteiger partial charge in [0, 0.05) is 17.8 Å². The van der Waals surface area contributed by atoms with Crippen LogP contribution in [-0.2, 0) is 16.0 Å². The van der Waals surface area contributed by atoms with E-state index < -0.39 is 17.9 Å². The van der Waals surface area contributed by atoms with E-state index in [9.17, 15) is 19.5 Å². The number of carboxylic acids is 1. The highest BCUT2D eigenvalue weighted by molar-refractivity contribution is 9.10. The van der Waals surface area contributed by atoms with Gasteiger partial charge in [-0.25, -0.2) is 4.79 Å². The third kappa shape index (κ3) is 5.15. The lowest BCUT2D eigenvalue weighted by Gasteiger charge is -2.17. The smallest absolute Gasteiger partial charge is 0.326 e. The van der Waals surface area contributed by atoms with Gasteiger partial charge < -0.3 is 15.7 Å². The first-order chi connectivity index (χ1) is 11.9. The van der Waals surface area contributed by atoms with Gasteiger partial charge in [0.15, 0.2) is 0 Å². The molecule has 0 fully saturated rings. The van der Waals surface area contributed by atoms with E-state index >= 15 is 0 Å². The van der Waals surface area contributed by atoms with Gasteiger partial charge in [-0.15, -0.1) is 0 Å². The maximum absolute atomic E-state index is 12.5. The van der Waals surface area contributed by atoms with E-state index in [0.717, 1.165) is 10.0 Å². The van der Waals surface area contributed by atoms with Gasteiger partial charge >= 0.3 is 5.97 Å². The van der Waals surface area contributed by atoms with E-state index in [2.05, 4.69) is 26.6 Å². The highest BCUT2D eigenvalue weighted by Crippen LogP contribution is 2.19. The Balaban J connectivity index is 2.20. The predicted molar refractivity (Wildman–Crippen MR) is 97.5 cm³/mol. The lowest BCUT2D eigenvalue weighted by atomic mass is 10.0. The molecular weight excluding hydrogens is 388 g/mol. The van der Waals surface area contributed by atoms with Gasteiger partial charge in [0.2, 0.25) is 5.91 Å². The van der Waals surface area contributed by atoms with Crippen LogP contribution in [-0.4, -0.2) is 28.9 Å². The zero-order chi connectivity index (χ0) is 18.4.